The highest BCUT2D eigenvalue weighted by atomic mass is 31.1. The van der Waals surface area contributed by atoms with Crippen molar-refractivity contribution >= 4 is 19.0 Å². The highest BCUT2D eigenvalue weighted by molar-refractivity contribution is 7.78. The minimum atomic E-state index is -1.46. The van der Waals surface area contributed by atoms with E-state index in [4.69, 9.17) is 14.0 Å². The van der Waals surface area contributed by atoms with Crippen LogP contribution in [0.1, 0.15) is 46.5 Å². The van der Waals surface area contributed by atoms with Crippen molar-refractivity contribution in [3.05, 3.63) is 58.1 Å². The van der Waals surface area contributed by atoms with Gasteiger partial charge in [0.25, 0.3) is 0 Å². The van der Waals surface area contributed by atoms with Gasteiger partial charge >= 0.3 is 0 Å². The standard InChI is InChI=1S/C23H31O4P/c1-7-25-13-14-27-28(21-11-9-20(10-12-21)26-8-2)23(24)22-17(4)15-16(3)18(5)19(22)6/h9-12,15H,7-8,13-14H2,1-6H3. The molecule has 0 aromatic heterocycles. The molecule has 0 aliphatic rings. The second kappa shape index (κ2) is 10.7. The lowest BCUT2D eigenvalue weighted by Crippen LogP contribution is -2.16. The molecule has 2 aromatic carbocycles. The second-order valence-corrected chi connectivity index (χ2v) is 8.46. The fourth-order valence-electron chi connectivity index (χ4n) is 3.14. The molecule has 152 valence electrons. The molecule has 0 amide bonds. The Bertz CT molecular complexity index is 799. The molecule has 0 aliphatic carbocycles. The lowest BCUT2D eigenvalue weighted by molar-refractivity contribution is 0.102. The molecule has 0 saturated carbocycles. The van der Waals surface area contributed by atoms with Crippen LogP contribution in [0.3, 0.4) is 0 Å². The van der Waals surface area contributed by atoms with Gasteiger partial charge in [-0.25, -0.2) is 0 Å². The van der Waals surface area contributed by atoms with Crippen LogP contribution in [0.5, 0.6) is 5.75 Å². The molecular formula is C23H31O4P. The van der Waals surface area contributed by atoms with Crippen LogP contribution in [-0.4, -0.2) is 32.0 Å². The fraction of sp³-hybridized carbons (Fsp3) is 0.435. The van der Waals surface area contributed by atoms with E-state index in [0.29, 0.717) is 26.4 Å². The maximum Gasteiger partial charge on any atom is 0.216 e. The number of ether oxygens (including phenoxy) is 2. The molecule has 0 saturated heterocycles. The van der Waals surface area contributed by atoms with Crippen molar-refractivity contribution in [3.8, 4) is 5.75 Å². The van der Waals surface area contributed by atoms with E-state index in [0.717, 1.165) is 33.3 Å². The summed E-state index contributed by atoms with van der Waals surface area (Å²) < 4.78 is 17.0. The van der Waals surface area contributed by atoms with Gasteiger partial charge in [-0.15, -0.1) is 0 Å². The van der Waals surface area contributed by atoms with Gasteiger partial charge in [0.15, 0.2) is 0 Å². The van der Waals surface area contributed by atoms with Gasteiger partial charge in [0.1, 0.15) is 13.9 Å². The minimum Gasteiger partial charge on any atom is -0.494 e. The van der Waals surface area contributed by atoms with Gasteiger partial charge < -0.3 is 14.0 Å². The van der Waals surface area contributed by atoms with Crippen molar-refractivity contribution in [3.63, 3.8) is 0 Å². The van der Waals surface area contributed by atoms with Gasteiger partial charge in [-0.3, -0.25) is 4.79 Å². The molecule has 0 aliphatic heterocycles. The third-order valence-corrected chi connectivity index (χ3v) is 6.59. The molecule has 5 heteroatoms. The van der Waals surface area contributed by atoms with E-state index in [-0.39, 0.29) is 5.52 Å². The summed E-state index contributed by atoms with van der Waals surface area (Å²) >= 11 is 0. The topological polar surface area (TPSA) is 44.8 Å². The van der Waals surface area contributed by atoms with Crippen LogP contribution in [0, 0.1) is 27.7 Å². The van der Waals surface area contributed by atoms with E-state index in [9.17, 15) is 4.79 Å². The maximum absolute atomic E-state index is 13.6. The van der Waals surface area contributed by atoms with E-state index in [2.05, 4.69) is 19.9 Å². The molecule has 0 radical (unpaired) electrons. The molecule has 2 rings (SSSR count). The maximum atomic E-state index is 13.6. The number of rotatable bonds is 10. The molecule has 1 unspecified atom stereocenters. The lowest BCUT2D eigenvalue weighted by atomic mass is 9.95. The summed E-state index contributed by atoms with van der Waals surface area (Å²) in [5.41, 5.74) is 5.22. The predicted octanol–water partition coefficient (Wildman–Crippen LogP) is 5.23. The third-order valence-electron chi connectivity index (χ3n) is 4.79. The van der Waals surface area contributed by atoms with Gasteiger partial charge in [0.05, 0.1) is 19.8 Å². The predicted molar refractivity (Wildman–Crippen MR) is 116 cm³/mol. The van der Waals surface area contributed by atoms with Crippen molar-refractivity contribution in [1.82, 2.24) is 0 Å². The van der Waals surface area contributed by atoms with Gasteiger partial charge in [-0.2, -0.15) is 0 Å². The first-order valence-corrected chi connectivity index (χ1v) is 11.0. The molecule has 4 nitrogen and oxygen atoms in total. The summed E-state index contributed by atoms with van der Waals surface area (Å²) in [5, 5.41) is 0.886. The first kappa shape index (κ1) is 22.5. The van der Waals surface area contributed by atoms with Gasteiger partial charge in [-0.1, -0.05) is 6.07 Å². The van der Waals surface area contributed by atoms with E-state index in [1.807, 2.05) is 52.0 Å². The van der Waals surface area contributed by atoms with E-state index in [1.54, 1.807) is 0 Å². The zero-order valence-electron chi connectivity index (χ0n) is 17.8. The molecule has 1 atom stereocenters. The van der Waals surface area contributed by atoms with E-state index < -0.39 is 8.15 Å². The molecule has 0 spiro atoms. The Morgan fingerprint density at radius 2 is 1.57 bits per heavy atom. The number of carbonyl (C=O) groups excluding carboxylic acids is 1. The van der Waals surface area contributed by atoms with E-state index in [1.165, 1.54) is 5.56 Å². The van der Waals surface area contributed by atoms with Crippen LogP contribution < -0.4 is 10.0 Å². The van der Waals surface area contributed by atoms with Crippen LogP contribution in [0.15, 0.2) is 30.3 Å². The van der Waals surface area contributed by atoms with Crippen molar-refractivity contribution < 1.29 is 18.8 Å². The van der Waals surface area contributed by atoms with Crippen molar-refractivity contribution in [2.24, 2.45) is 0 Å². The Labute approximate surface area is 170 Å². The molecule has 0 heterocycles. The molecule has 0 N–H and O–H groups in total. The zero-order chi connectivity index (χ0) is 20.7. The van der Waals surface area contributed by atoms with Gasteiger partial charge in [-0.05, 0) is 88.1 Å². The summed E-state index contributed by atoms with van der Waals surface area (Å²) in [7, 11) is -1.46. The SMILES string of the molecule is CCOCCOP(C(=O)c1c(C)cc(C)c(C)c1C)c1ccc(OCC)cc1. The smallest absolute Gasteiger partial charge is 0.216 e. The Morgan fingerprint density at radius 3 is 2.18 bits per heavy atom. The van der Waals surface area contributed by atoms with Crippen molar-refractivity contribution in [1.29, 1.82) is 0 Å². The van der Waals surface area contributed by atoms with Crippen molar-refractivity contribution in [2.75, 3.05) is 26.4 Å². The zero-order valence-corrected chi connectivity index (χ0v) is 18.7. The number of hydrogen-bond acceptors (Lipinski definition) is 4. The van der Waals surface area contributed by atoms with E-state index >= 15 is 0 Å². The van der Waals surface area contributed by atoms with Gasteiger partial charge in [0.2, 0.25) is 5.52 Å². The summed E-state index contributed by atoms with van der Waals surface area (Å²) in [4.78, 5) is 13.6. The van der Waals surface area contributed by atoms with Crippen molar-refractivity contribution in [2.45, 2.75) is 41.5 Å². The Kier molecular flexibility index (Phi) is 8.62. The summed E-state index contributed by atoms with van der Waals surface area (Å²) in [6.45, 7) is 14.2. The van der Waals surface area contributed by atoms with Crippen LogP contribution in [0.2, 0.25) is 0 Å². The molecule has 0 bridgehead atoms. The van der Waals surface area contributed by atoms with Crippen LogP contribution in [0.25, 0.3) is 0 Å². The second-order valence-electron chi connectivity index (χ2n) is 6.69. The average Bonchev–Trinajstić information content (AvgIpc) is 2.67. The van der Waals surface area contributed by atoms with Crippen LogP contribution >= 0.6 is 8.15 Å². The number of hydrogen-bond donors (Lipinski definition) is 0. The largest absolute Gasteiger partial charge is 0.494 e. The molecule has 2 aromatic rings. The normalized spacial score (nSPS) is 12.1. The summed E-state index contributed by atoms with van der Waals surface area (Å²) in [6.07, 6.45) is 0. The lowest BCUT2D eigenvalue weighted by Gasteiger charge is -2.21. The van der Waals surface area contributed by atoms with Crippen LogP contribution in [0.4, 0.5) is 0 Å². The summed E-state index contributed by atoms with van der Waals surface area (Å²) in [5.74, 6) is 0.793. The Balaban J connectivity index is 2.38. The monoisotopic (exact) mass is 402 g/mol. The first-order valence-electron chi connectivity index (χ1n) is 9.76. The highest BCUT2D eigenvalue weighted by Gasteiger charge is 2.27. The molecule has 28 heavy (non-hydrogen) atoms. The third kappa shape index (κ3) is 5.41. The van der Waals surface area contributed by atoms with Gasteiger partial charge in [0, 0.05) is 17.5 Å². The summed E-state index contributed by atoms with van der Waals surface area (Å²) in [6, 6.07) is 9.74. The first-order chi connectivity index (χ1) is 13.4. The number of aryl methyl sites for hydroxylation is 2. The Morgan fingerprint density at radius 1 is 0.893 bits per heavy atom. The Hall–Kier alpha value is -1.74. The molecular weight excluding hydrogens is 371 g/mol. The minimum absolute atomic E-state index is 0.0498. The average molecular weight is 402 g/mol. The quantitative estimate of drug-likeness (QED) is 0.403. The fourth-order valence-corrected chi connectivity index (χ4v) is 4.87. The number of benzene rings is 2. The number of carbonyl (C=O) groups is 1. The molecule has 0 fully saturated rings. The highest BCUT2D eigenvalue weighted by Crippen LogP contribution is 2.42. The van der Waals surface area contributed by atoms with Crippen LogP contribution in [-0.2, 0) is 9.26 Å².